The fourth-order valence-electron chi connectivity index (χ4n) is 7.92. The molecular formula is C37H43N3O4S. The second-order valence-corrected chi connectivity index (χ2v) is 14.1. The molecule has 3 aromatic rings. The molecule has 45 heavy (non-hydrogen) atoms. The van der Waals surface area contributed by atoms with E-state index in [0.717, 1.165) is 78.9 Å². The minimum absolute atomic E-state index is 0.0483. The molecule has 0 unspecified atom stereocenters. The molecule has 8 heteroatoms. The molecular weight excluding hydrogens is 582 g/mol. The van der Waals surface area contributed by atoms with Crippen molar-refractivity contribution in [1.29, 1.82) is 0 Å². The monoisotopic (exact) mass is 625 g/mol. The molecule has 1 aromatic heterocycles. The predicted molar refractivity (Wildman–Crippen MR) is 178 cm³/mol. The number of benzene rings is 2. The molecule has 2 aromatic carbocycles. The van der Waals surface area contributed by atoms with Crippen molar-refractivity contribution < 1.29 is 19.1 Å². The van der Waals surface area contributed by atoms with Gasteiger partial charge in [0, 0.05) is 34.8 Å². The number of thiazole rings is 1. The summed E-state index contributed by atoms with van der Waals surface area (Å²) in [4.78, 5) is 29.6. The molecule has 2 amide bonds. The van der Waals surface area contributed by atoms with Crippen LogP contribution in [-0.4, -0.2) is 37.2 Å². The van der Waals surface area contributed by atoms with Crippen molar-refractivity contribution in [2.45, 2.75) is 89.0 Å². The van der Waals surface area contributed by atoms with Crippen molar-refractivity contribution in [1.82, 2.24) is 10.3 Å². The molecule has 1 heterocycles. The van der Waals surface area contributed by atoms with Gasteiger partial charge in [-0.3, -0.25) is 4.79 Å². The number of aromatic nitrogens is 1. The van der Waals surface area contributed by atoms with Gasteiger partial charge in [-0.2, -0.15) is 0 Å². The summed E-state index contributed by atoms with van der Waals surface area (Å²) in [6, 6.07) is 12.9. The Labute approximate surface area is 270 Å². The van der Waals surface area contributed by atoms with Crippen molar-refractivity contribution in [3.8, 4) is 17.6 Å². The van der Waals surface area contributed by atoms with Crippen LogP contribution in [0.1, 0.15) is 91.5 Å². The first-order chi connectivity index (χ1) is 21.8. The van der Waals surface area contributed by atoms with E-state index < -0.39 is 6.09 Å². The number of methoxy groups -OCH3 is 2. The molecule has 4 fully saturated rings. The van der Waals surface area contributed by atoms with Crippen LogP contribution in [-0.2, 0) is 21.4 Å². The molecule has 4 saturated carbocycles. The van der Waals surface area contributed by atoms with E-state index in [1.165, 1.54) is 48.8 Å². The average molecular weight is 626 g/mol. The first-order valence-corrected chi connectivity index (χ1v) is 17.0. The Morgan fingerprint density at radius 3 is 2.40 bits per heavy atom. The van der Waals surface area contributed by atoms with Crippen LogP contribution in [0, 0.1) is 30.1 Å². The van der Waals surface area contributed by atoms with E-state index in [1.807, 2.05) is 17.5 Å². The number of nitrogens with zero attached hydrogens (tertiary/aromatic N) is 1. The lowest BCUT2D eigenvalue weighted by Gasteiger charge is -2.54. The summed E-state index contributed by atoms with van der Waals surface area (Å²) in [5.74, 6) is 7.59. The number of anilines is 1. The summed E-state index contributed by atoms with van der Waals surface area (Å²) in [7, 11) is 3.11. The smallest absolute Gasteiger partial charge is 0.407 e. The van der Waals surface area contributed by atoms with Gasteiger partial charge in [0.25, 0.3) is 0 Å². The molecule has 0 atom stereocenters. The SMILES string of the molecule is COC(=O)NC1CCC(C(=O)Nc2cccc(C#Cc3nccs3)c2CC23CCC(c4ccc(OC)c(C)c4)(CC2)CC3)CC1. The summed E-state index contributed by atoms with van der Waals surface area (Å²) in [5, 5.41) is 8.95. The Morgan fingerprint density at radius 2 is 1.76 bits per heavy atom. The van der Waals surface area contributed by atoms with E-state index >= 15 is 0 Å². The van der Waals surface area contributed by atoms with Crippen LogP contribution in [0.25, 0.3) is 0 Å². The quantitative estimate of drug-likeness (QED) is 0.265. The lowest BCUT2D eigenvalue weighted by atomic mass is 9.50. The van der Waals surface area contributed by atoms with Gasteiger partial charge in [0.05, 0.1) is 14.2 Å². The number of carbonyl (C=O) groups is 2. The molecule has 236 valence electrons. The third-order valence-electron chi connectivity index (χ3n) is 10.7. The van der Waals surface area contributed by atoms with Crippen molar-refractivity contribution in [2.75, 3.05) is 19.5 Å². The van der Waals surface area contributed by atoms with Crippen LogP contribution in [0.15, 0.2) is 48.0 Å². The maximum Gasteiger partial charge on any atom is 0.407 e. The van der Waals surface area contributed by atoms with Crippen LogP contribution in [0.3, 0.4) is 0 Å². The summed E-state index contributed by atoms with van der Waals surface area (Å²) in [6.45, 7) is 2.14. The van der Waals surface area contributed by atoms with Crippen molar-refractivity contribution in [3.05, 3.63) is 75.2 Å². The zero-order valence-electron chi connectivity index (χ0n) is 26.5. The second-order valence-electron chi connectivity index (χ2n) is 13.2. The van der Waals surface area contributed by atoms with Gasteiger partial charge >= 0.3 is 6.09 Å². The molecule has 7 nitrogen and oxygen atoms in total. The molecule has 0 spiro atoms. The number of amides is 2. The van der Waals surface area contributed by atoms with E-state index in [2.05, 4.69) is 58.6 Å². The van der Waals surface area contributed by atoms with Gasteiger partial charge in [-0.05, 0) is 129 Å². The average Bonchev–Trinajstić information content (AvgIpc) is 3.60. The van der Waals surface area contributed by atoms with Gasteiger partial charge in [0.15, 0.2) is 5.01 Å². The van der Waals surface area contributed by atoms with Crippen molar-refractivity contribution in [2.24, 2.45) is 11.3 Å². The fourth-order valence-corrected chi connectivity index (χ4v) is 8.40. The van der Waals surface area contributed by atoms with Gasteiger partial charge in [0.1, 0.15) is 5.75 Å². The number of nitrogens with one attached hydrogen (secondary N) is 2. The molecule has 0 aliphatic heterocycles. The predicted octanol–water partition coefficient (Wildman–Crippen LogP) is 7.55. The van der Waals surface area contributed by atoms with Crippen molar-refractivity contribution in [3.63, 3.8) is 0 Å². The highest BCUT2D eigenvalue weighted by Crippen LogP contribution is 2.59. The van der Waals surface area contributed by atoms with Crippen LogP contribution in [0.4, 0.5) is 10.5 Å². The molecule has 2 N–H and O–H groups in total. The van der Waals surface area contributed by atoms with Crippen LogP contribution in [0.5, 0.6) is 5.75 Å². The number of alkyl carbamates (subject to hydrolysis) is 1. The van der Waals surface area contributed by atoms with E-state index in [-0.39, 0.29) is 28.7 Å². The van der Waals surface area contributed by atoms with Gasteiger partial charge in [-0.25, -0.2) is 9.78 Å². The lowest BCUT2D eigenvalue weighted by molar-refractivity contribution is -0.120. The minimum atomic E-state index is -0.413. The Balaban J connectivity index is 1.21. The first-order valence-electron chi connectivity index (χ1n) is 16.2. The number of aryl methyl sites for hydroxylation is 1. The molecule has 7 rings (SSSR count). The standard InChI is InChI=1S/C37H43N3O4S/c1-25-23-28(10-13-32(25)43-2)37-18-15-36(16-19-37,17-20-37)24-30-26(9-14-33-38-21-22-45-33)5-4-6-31(30)40-34(41)27-7-11-29(12-8-27)39-35(42)44-3/h4-6,10,13,21-23,27,29H,7-8,11-12,15-20,24H2,1-3H3,(H,39,42)(H,40,41). The number of hydrogen-bond acceptors (Lipinski definition) is 6. The van der Waals surface area contributed by atoms with E-state index in [1.54, 1.807) is 13.3 Å². The number of fused-ring (bicyclic) bond motifs is 3. The third-order valence-corrected chi connectivity index (χ3v) is 11.4. The summed E-state index contributed by atoms with van der Waals surface area (Å²) < 4.78 is 10.3. The fraction of sp³-hybridized carbons (Fsp3) is 0.486. The number of carbonyl (C=O) groups excluding carboxylic acids is 2. The second kappa shape index (κ2) is 13.3. The Bertz CT molecular complexity index is 1570. The maximum absolute atomic E-state index is 13.6. The van der Waals surface area contributed by atoms with Gasteiger partial charge < -0.3 is 20.1 Å². The molecule has 0 radical (unpaired) electrons. The number of ether oxygens (including phenoxy) is 2. The summed E-state index contributed by atoms with van der Waals surface area (Å²) in [5.41, 5.74) is 6.08. The van der Waals surface area contributed by atoms with Crippen LogP contribution < -0.4 is 15.4 Å². The lowest BCUT2D eigenvalue weighted by Crippen LogP contribution is -2.45. The number of rotatable bonds is 7. The third kappa shape index (κ3) is 6.74. The molecule has 2 bridgehead atoms. The normalized spacial score (nSPS) is 25.5. The number of hydrogen-bond donors (Lipinski definition) is 2. The topological polar surface area (TPSA) is 89.5 Å². The highest BCUT2D eigenvalue weighted by atomic mass is 32.1. The highest BCUT2D eigenvalue weighted by Gasteiger charge is 2.49. The summed E-state index contributed by atoms with van der Waals surface area (Å²) in [6.07, 6.45) is 12.3. The van der Waals surface area contributed by atoms with Crippen LogP contribution >= 0.6 is 11.3 Å². The maximum atomic E-state index is 13.6. The molecule has 4 aliphatic carbocycles. The van der Waals surface area contributed by atoms with Gasteiger partial charge in [-0.1, -0.05) is 24.1 Å². The van der Waals surface area contributed by atoms with E-state index in [4.69, 9.17) is 9.47 Å². The van der Waals surface area contributed by atoms with Gasteiger partial charge in [0.2, 0.25) is 5.91 Å². The zero-order valence-corrected chi connectivity index (χ0v) is 27.4. The highest BCUT2D eigenvalue weighted by molar-refractivity contribution is 7.10. The van der Waals surface area contributed by atoms with Gasteiger partial charge in [-0.15, -0.1) is 11.3 Å². The Hall–Kier alpha value is -3.83. The molecule has 0 saturated heterocycles. The van der Waals surface area contributed by atoms with E-state index in [0.29, 0.717) is 0 Å². The first kappa shape index (κ1) is 31.2. The van der Waals surface area contributed by atoms with Crippen LogP contribution in [0.2, 0.25) is 0 Å². The molecule has 4 aliphatic rings. The Morgan fingerprint density at radius 1 is 1.00 bits per heavy atom. The van der Waals surface area contributed by atoms with E-state index in [9.17, 15) is 9.59 Å². The largest absolute Gasteiger partial charge is 0.496 e. The minimum Gasteiger partial charge on any atom is -0.496 e. The van der Waals surface area contributed by atoms with Crippen molar-refractivity contribution >= 4 is 29.0 Å². The Kier molecular flexibility index (Phi) is 9.18. The zero-order chi connectivity index (χ0) is 31.4. The summed E-state index contributed by atoms with van der Waals surface area (Å²) >= 11 is 1.54.